The molecule has 0 amide bonds. The Balaban J connectivity index is 1.72. The number of benzene rings is 1. The van der Waals surface area contributed by atoms with Gasteiger partial charge in [-0.2, -0.15) is 0 Å². The average molecular weight is 328 g/mol. The van der Waals surface area contributed by atoms with Gasteiger partial charge in [0.1, 0.15) is 12.4 Å². The Bertz CT molecular complexity index is 374. The third-order valence-corrected chi connectivity index (χ3v) is 4.33. The molecule has 0 heterocycles. The molecule has 1 aromatic rings. The number of hydrogen-bond donors (Lipinski definition) is 2. The minimum atomic E-state index is -0.0681. The lowest BCUT2D eigenvalue weighted by Gasteiger charge is -2.36. The molecule has 0 radical (unpaired) electrons. The topological polar surface area (TPSA) is 41.5 Å². The van der Waals surface area contributed by atoms with E-state index in [0.717, 1.165) is 29.6 Å². The van der Waals surface area contributed by atoms with E-state index in [1.165, 1.54) is 19.3 Å². The first kappa shape index (κ1) is 14.8. The molecule has 0 bridgehead atoms. The fourth-order valence-corrected chi connectivity index (χ4v) is 2.90. The van der Waals surface area contributed by atoms with Crippen LogP contribution in [0.25, 0.3) is 0 Å². The van der Waals surface area contributed by atoms with E-state index in [4.69, 9.17) is 4.74 Å². The summed E-state index contributed by atoms with van der Waals surface area (Å²) in [6.45, 7) is 1.63. The average Bonchev–Trinajstić information content (AvgIpc) is 2.46. The molecule has 2 N–H and O–H groups in total. The fraction of sp³-hybridized carbons (Fsp3) is 0.600. The fourth-order valence-electron chi connectivity index (χ4n) is 2.64. The van der Waals surface area contributed by atoms with Gasteiger partial charge in [-0.3, -0.25) is 0 Å². The number of aliphatic hydroxyl groups excluding tert-OH is 1. The number of ether oxygens (including phenoxy) is 1. The van der Waals surface area contributed by atoms with Crippen LogP contribution in [0, 0.1) is 0 Å². The minimum Gasteiger partial charge on any atom is -0.492 e. The normalized spacial score (nSPS) is 18.2. The van der Waals surface area contributed by atoms with Gasteiger partial charge in [0, 0.05) is 16.6 Å². The number of hydrogen-bond acceptors (Lipinski definition) is 3. The van der Waals surface area contributed by atoms with Crippen LogP contribution in [0.2, 0.25) is 0 Å². The summed E-state index contributed by atoms with van der Waals surface area (Å²) >= 11 is 3.40. The summed E-state index contributed by atoms with van der Waals surface area (Å²) in [5, 5.41) is 13.1. The van der Waals surface area contributed by atoms with E-state index in [0.29, 0.717) is 6.61 Å². The highest BCUT2D eigenvalue weighted by atomic mass is 79.9. The second-order valence-corrected chi connectivity index (χ2v) is 6.14. The smallest absolute Gasteiger partial charge is 0.119 e. The van der Waals surface area contributed by atoms with Crippen LogP contribution >= 0.6 is 15.9 Å². The lowest BCUT2D eigenvalue weighted by atomic mass is 9.82. The van der Waals surface area contributed by atoms with Crippen LogP contribution in [0.1, 0.15) is 32.1 Å². The maximum absolute atomic E-state index is 9.58. The van der Waals surface area contributed by atoms with E-state index < -0.39 is 0 Å². The molecule has 1 saturated carbocycles. The summed E-state index contributed by atoms with van der Waals surface area (Å²) in [5.41, 5.74) is -0.0681. The van der Waals surface area contributed by atoms with Crippen molar-refractivity contribution >= 4 is 15.9 Å². The van der Waals surface area contributed by atoms with Crippen molar-refractivity contribution in [2.75, 3.05) is 19.8 Å². The lowest BCUT2D eigenvalue weighted by Crippen LogP contribution is -2.51. The van der Waals surface area contributed by atoms with Crippen molar-refractivity contribution in [3.63, 3.8) is 0 Å². The van der Waals surface area contributed by atoms with Crippen molar-refractivity contribution in [3.05, 3.63) is 28.7 Å². The van der Waals surface area contributed by atoms with Crippen molar-refractivity contribution in [2.45, 2.75) is 37.6 Å². The van der Waals surface area contributed by atoms with Crippen LogP contribution in [-0.2, 0) is 0 Å². The number of nitrogens with one attached hydrogen (secondary N) is 1. The first-order valence-electron chi connectivity index (χ1n) is 6.98. The van der Waals surface area contributed by atoms with Crippen LogP contribution in [0.4, 0.5) is 0 Å². The van der Waals surface area contributed by atoms with Crippen molar-refractivity contribution < 1.29 is 9.84 Å². The Morgan fingerprint density at radius 2 is 1.84 bits per heavy atom. The van der Waals surface area contributed by atoms with Crippen molar-refractivity contribution in [3.8, 4) is 5.75 Å². The summed E-state index contributed by atoms with van der Waals surface area (Å²) in [6.07, 6.45) is 5.85. The van der Waals surface area contributed by atoms with E-state index in [9.17, 15) is 5.11 Å². The molecule has 0 aliphatic heterocycles. The third kappa shape index (κ3) is 4.48. The Kier molecular flexibility index (Phi) is 5.67. The molecule has 0 aromatic heterocycles. The maximum Gasteiger partial charge on any atom is 0.119 e. The molecule has 1 aromatic carbocycles. The van der Waals surface area contributed by atoms with Gasteiger partial charge >= 0.3 is 0 Å². The quantitative estimate of drug-likeness (QED) is 0.789. The molecule has 1 fully saturated rings. The molecular formula is C15H22BrNO2. The molecule has 0 saturated heterocycles. The lowest BCUT2D eigenvalue weighted by molar-refractivity contribution is 0.116. The zero-order valence-electron chi connectivity index (χ0n) is 11.2. The molecule has 3 nitrogen and oxygen atoms in total. The van der Waals surface area contributed by atoms with Gasteiger partial charge in [-0.05, 0) is 37.1 Å². The molecular weight excluding hydrogens is 306 g/mol. The maximum atomic E-state index is 9.58. The zero-order valence-corrected chi connectivity index (χ0v) is 12.8. The molecule has 19 heavy (non-hydrogen) atoms. The van der Waals surface area contributed by atoms with Crippen LogP contribution in [-0.4, -0.2) is 30.4 Å². The summed E-state index contributed by atoms with van der Waals surface area (Å²) in [4.78, 5) is 0. The van der Waals surface area contributed by atoms with Gasteiger partial charge in [-0.1, -0.05) is 35.2 Å². The van der Waals surface area contributed by atoms with Gasteiger partial charge in [-0.25, -0.2) is 0 Å². The molecule has 106 valence electrons. The van der Waals surface area contributed by atoms with Crippen molar-refractivity contribution in [2.24, 2.45) is 0 Å². The van der Waals surface area contributed by atoms with E-state index in [2.05, 4.69) is 21.2 Å². The van der Waals surface area contributed by atoms with Gasteiger partial charge in [0.25, 0.3) is 0 Å². The van der Waals surface area contributed by atoms with Crippen molar-refractivity contribution in [1.29, 1.82) is 0 Å². The number of aliphatic hydroxyl groups is 1. The largest absolute Gasteiger partial charge is 0.492 e. The Morgan fingerprint density at radius 1 is 1.16 bits per heavy atom. The predicted octanol–water partition coefficient (Wildman–Crippen LogP) is 3.11. The third-order valence-electron chi connectivity index (χ3n) is 3.80. The van der Waals surface area contributed by atoms with Gasteiger partial charge in [0.15, 0.2) is 0 Å². The molecule has 0 atom stereocenters. The highest BCUT2D eigenvalue weighted by molar-refractivity contribution is 9.10. The number of halogens is 1. The SMILES string of the molecule is OCC1(NCCOc2ccc(Br)cc2)CCCCC1. The van der Waals surface area contributed by atoms with E-state index in [1.807, 2.05) is 24.3 Å². The van der Waals surface area contributed by atoms with Crippen LogP contribution < -0.4 is 10.1 Å². The predicted molar refractivity (Wildman–Crippen MR) is 80.5 cm³/mol. The van der Waals surface area contributed by atoms with E-state index in [-0.39, 0.29) is 12.1 Å². The minimum absolute atomic E-state index is 0.0681. The monoisotopic (exact) mass is 327 g/mol. The molecule has 1 aliphatic carbocycles. The summed E-state index contributed by atoms with van der Waals surface area (Å²) in [6, 6.07) is 7.84. The second-order valence-electron chi connectivity index (χ2n) is 5.23. The number of rotatable bonds is 6. The Hall–Kier alpha value is -0.580. The van der Waals surface area contributed by atoms with Crippen LogP contribution in [0.15, 0.2) is 28.7 Å². The first-order valence-corrected chi connectivity index (χ1v) is 7.78. The molecule has 0 unspecified atom stereocenters. The van der Waals surface area contributed by atoms with Gasteiger partial charge < -0.3 is 15.2 Å². The Labute approximate surface area is 123 Å². The molecule has 1 aliphatic rings. The van der Waals surface area contributed by atoms with Crippen molar-refractivity contribution in [1.82, 2.24) is 5.32 Å². The van der Waals surface area contributed by atoms with E-state index >= 15 is 0 Å². The van der Waals surface area contributed by atoms with Crippen LogP contribution in [0.5, 0.6) is 5.75 Å². The Morgan fingerprint density at radius 3 is 2.47 bits per heavy atom. The summed E-state index contributed by atoms with van der Waals surface area (Å²) < 4.78 is 6.73. The second kappa shape index (κ2) is 7.27. The zero-order chi connectivity index (χ0) is 13.6. The molecule has 4 heteroatoms. The van der Waals surface area contributed by atoms with Gasteiger partial charge in [0.2, 0.25) is 0 Å². The molecule has 0 spiro atoms. The summed E-state index contributed by atoms with van der Waals surface area (Å²) in [5.74, 6) is 0.881. The van der Waals surface area contributed by atoms with E-state index in [1.54, 1.807) is 0 Å². The van der Waals surface area contributed by atoms with Crippen LogP contribution in [0.3, 0.4) is 0 Å². The molecule has 2 rings (SSSR count). The van der Waals surface area contributed by atoms with Gasteiger partial charge in [-0.15, -0.1) is 0 Å². The van der Waals surface area contributed by atoms with Gasteiger partial charge in [0.05, 0.1) is 6.61 Å². The standard InChI is InChI=1S/C15H22BrNO2/c16-13-4-6-14(7-5-13)19-11-10-17-15(12-18)8-2-1-3-9-15/h4-7,17-18H,1-3,8-12H2. The first-order chi connectivity index (χ1) is 9.24. The summed E-state index contributed by atoms with van der Waals surface area (Å²) in [7, 11) is 0. The highest BCUT2D eigenvalue weighted by Gasteiger charge is 2.30. The highest BCUT2D eigenvalue weighted by Crippen LogP contribution is 2.27.